The summed E-state index contributed by atoms with van der Waals surface area (Å²) in [4.78, 5) is 2.43. The molecule has 1 unspecified atom stereocenters. The Morgan fingerprint density at radius 3 is 3.00 bits per heavy atom. The average Bonchev–Trinajstić information content (AvgIpc) is 2.28. The lowest BCUT2D eigenvalue weighted by molar-refractivity contribution is 0.388. The number of rotatable bonds is 3. The van der Waals surface area contributed by atoms with Crippen LogP contribution < -0.4 is 10.2 Å². The molecule has 17 heavy (non-hydrogen) atoms. The SMILES string of the molecule is CC(C)CC1CN(c2cccc(Cl)c2)CCN1. The highest BCUT2D eigenvalue weighted by atomic mass is 35.5. The molecule has 2 nitrogen and oxygen atoms in total. The number of anilines is 1. The van der Waals surface area contributed by atoms with Gasteiger partial charge in [0.15, 0.2) is 0 Å². The Hall–Kier alpha value is -0.730. The Labute approximate surface area is 109 Å². The van der Waals surface area contributed by atoms with Gasteiger partial charge in [-0.1, -0.05) is 31.5 Å². The van der Waals surface area contributed by atoms with Gasteiger partial charge in [0.2, 0.25) is 0 Å². The molecule has 0 bridgehead atoms. The molecular formula is C14H21ClN2. The highest BCUT2D eigenvalue weighted by Crippen LogP contribution is 2.21. The third-order valence-electron chi connectivity index (χ3n) is 3.18. The number of nitrogens with one attached hydrogen (secondary N) is 1. The fourth-order valence-electron chi connectivity index (χ4n) is 2.46. The molecule has 0 spiro atoms. The second-order valence-corrected chi connectivity index (χ2v) is 5.64. The maximum Gasteiger partial charge on any atom is 0.0426 e. The van der Waals surface area contributed by atoms with Gasteiger partial charge in [-0.2, -0.15) is 0 Å². The van der Waals surface area contributed by atoms with E-state index < -0.39 is 0 Å². The summed E-state index contributed by atoms with van der Waals surface area (Å²) in [5, 5.41) is 4.41. The van der Waals surface area contributed by atoms with Gasteiger partial charge in [-0.25, -0.2) is 0 Å². The molecule has 2 rings (SSSR count). The van der Waals surface area contributed by atoms with Crippen LogP contribution in [0.4, 0.5) is 5.69 Å². The van der Waals surface area contributed by atoms with E-state index in [0.29, 0.717) is 6.04 Å². The van der Waals surface area contributed by atoms with Crippen molar-refractivity contribution >= 4 is 17.3 Å². The van der Waals surface area contributed by atoms with Crippen molar-refractivity contribution in [1.82, 2.24) is 5.32 Å². The van der Waals surface area contributed by atoms with Crippen LogP contribution in [0.2, 0.25) is 5.02 Å². The first-order valence-corrected chi connectivity index (χ1v) is 6.77. The zero-order valence-corrected chi connectivity index (χ0v) is 11.4. The molecule has 0 amide bonds. The highest BCUT2D eigenvalue weighted by Gasteiger charge is 2.20. The molecule has 3 heteroatoms. The fraction of sp³-hybridized carbons (Fsp3) is 0.571. The van der Waals surface area contributed by atoms with E-state index in [1.54, 1.807) is 0 Å². The number of benzene rings is 1. The molecule has 1 aromatic rings. The van der Waals surface area contributed by atoms with Gasteiger partial charge in [0.25, 0.3) is 0 Å². The minimum absolute atomic E-state index is 0.600. The maximum absolute atomic E-state index is 6.04. The molecule has 94 valence electrons. The van der Waals surface area contributed by atoms with Crippen LogP contribution in [0.3, 0.4) is 0 Å². The lowest BCUT2D eigenvalue weighted by Gasteiger charge is -2.36. The molecule has 1 fully saturated rings. The van der Waals surface area contributed by atoms with E-state index >= 15 is 0 Å². The second kappa shape index (κ2) is 5.74. The van der Waals surface area contributed by atoms with Crippen molar-refractivity contribution in [2.45, 2.75) is 26.3 Å². The molecule has 1 N–H and O–H groups in total. The molecule has 1 aromatic carbocycles. The van der Waals surface area contributed by atoms with Gasteiger partial charge < -0.3 is 10.2 Å². The minimum atomic E-state index is 0.600. The third kappa shape index (κ3) is 3.62. The molecular weight excluding hydrogens is 232 g/mol. The third-order valence-corrected chi connectivity index (χ3v) is 3.42. The van der Waals surface area contributed by atoms with Gasteiger partial charge in [0, 0.05) is 36.4 Å². The average molecular weight is 253 g/mol. The highest BCUT2D eigenvalue weighted by molar-refractivity contribution is 6.30. The Bertz CT molecular complexity index is 365. The van der Waals surface area contributed by atoms with Crippen molar-refractivity contribution < 1.29 is 0 Å². The van der Waals surface area contributed by atoms with Gasteiger partial charge in [-0.3, -0.25) is 0 Å². The first-order chi connectivity index (χ1) is 8.15. The normalized spacial score (nSPS) is 20.9. The lowest BCUT2D eigenvalue weighted by atomic mass is 10.0. The molecule has 0 aromatic heterocycles. The zero-order chi connectivity index (χ0) is 12.3. The molecule has 0 aliphatic carbocycles. The van der Waals surface area contributed by atoms with E-state index in [0.717, 1.165) is 30.6 Å². The maximum atomic E-state index is 6.04. The van der Waals surface area contributed by atoms with Crippen LogP contribution in [-0.4, -0.2) is 25.7 Å². The molecule has 1 aliphatic heterocycles. The first-order valence-electron chi connectivity index (χ1n) is 6.39. The Kier molecular flexibility index (Phi) is 4.30. The van der Waals surface area contributed by atoms with Gasteiger partial charge in [-0.15, -0.1) is 0 Å². The van der Waals surface area contributed by atoms with Crippen molar-refractivity contribution in [3.8, 4) is 0 Å². The fourth-order valence-corrected chi connectivity index (χ4v) is 2.64. The Morgan fingerprint density at radius 1 is 1.47 bits per heavy atom. The molecule has 0 radical (unpaired) electrons. The quantitative estimate of drug-likeness (QED) is 0.889. The van der Waals surface area contributed by atoms with Gasteiger partial charge in [0.05, 0.1) is 0 Å². The van der Waals surface area contributed by atoms with Crippen LogP contribution in [-0.2, 0) is 0 Å². The van der Waals surface area contributed by atoms with Crippen molar-refractivity contribution in [1.29, 1.82) is 0 Å². The molecule has 1 aliphatic rings. The summed E-state index contributed by atoms with van der Waals surface area (Å²) in [5.41, 5.74) is 1.24. The monoisotopic (exact) mass is 252 g/mol. The van der Waals surface area contributed by atoms with E-state index in [9.17, 15) is 0 Å². The van der Waals surface area contributed by atoms with E-state index in [4.69, 9.17) is 11.6 Å². The summed E-state index contributed by atoms with van der Waals surface area (Å²) in [7, 11) is 0. The van der Waals surface area contributed by atoms with Crippen LogP contribution in [0, 0.1) is 5.92 Å². The van der Waals surface area contributed by atoms with Crippen LogP contribution in [0.5, 0.6) is 0 Å². The van der Waals surface area contributed by atoms with E-state index in [1.807, 2.05) is 12.1 Å². The Morgan fingerprint density at radius 2 is 2.29 bits per heavy atom. The summed E-state index contributed by atoms with van der Waals surface area (Å²) in [6.07, 6.45) is 1.23. The zero-order valence-electron chi connectivity index (χ0n) is 10.6. The standard InChI is InChI=1S/C14H21ClN2/c1-11(2)8-13-10-17(7-6-16-13)14-5-3-4-12(15)9-14/h3-5,9,11,13,16H,6-8,10H2,1-2H3. The molecule has 0 saturated carbocycles. The van der Waals surface area contributed by atoms with E-state index in [2.05, 4.69) is 36.2 Å². The van der Waals surface area contributed by atoms with E-state index in [1.165, 1.54) is 12.1 Å². The topological polar surface area (TPSA) is 15.3 Å². The second-order valence-electron chi connectivity index (χ2n) is 5.21. The number of piperazine rings is 1. The smallest absolute Gasteiger partial charge is 0.0426 e. The van der Waals surface area contributed by atoms with Crippen LogP contribution in [0.1, 0.15) is 20.3 Å². The van der Waals surface area contributed by atoms with Crippen LogP contribution in [0.15, 0.2) is 24.3 Å². The van der Waals surface area contributed by atoms with Crippen molar-refractivity contribution in [2.24, 2.45) is 5.92 Å². The largest absolute Gasteiger partial charge is 0.369 e. The van der Waals surface area contributed by atoms with Crippen LogP contribution >= 0.6 is 11.6 Å². The number of halogens is 1. The van der Waals surface area contributed by atoms with Crippen molar-refractivity contribution in [3.63, 3.8) is 0 Å². The number of hydrogen-bond donors (Lipinski definition) is 1. The predicted molar refractivity (Wildman–Crippen MR) is 74.9 cm³/mol. The van der Waals surface area contributed by atoms with Crippen LogP contribution in [0.25, 0.3) is 0 Å². The molecule has 1 saturated heterocycles. The van der Waals surface area contributed by atoms with E-state index in [-0.39, 0.29) is 0 Å². The number of hydrogen-bond acceptors (Lipinski definition) is 2. The summed E-state index contributed by atoms with van der Waals surface area (Å²) < 4.78 is 0. The lowest BCUT2D eigenvalue weighted by Crippen LogP contribution is -2.51. The van der Waals surface area contributed by atoms with Crippen molar-refractivity contribution in [2.75, 3.05) is 24.5 Å². The predicted octanol–water partition coefficient (Wildman–Crippen LogP) is 3.16. The molecule has 1 atom stereocenters. The summed E-state index contributed by atoms with van der Waals surface area (Å²) in [6.45, 7) is 7.76. The minimum Gasteiger partial charge on any atom is -0.369 e. The summed E-state index contributed by atoms with van der Waals surface area (Å²) in [5.74, 6) is 0.742. The Balaban J connectivity index is 2.02. The van der Waals surface area contributed by atoms with Gasteiger partial charge >= 0.3 is 0 Å². The number of nitrogens with zero attached hydrogens (tertiary/aromatic N) is 1. The van der Waals surface area contributed by atoms with Gasteiger partial charge in [0.1, 0.15) is 0 Å². The first kappa shape index (κ1) is 12.7. The molecule has 1 heterocycles. The summed E-state index contributed by atoms with van der Waals surface area (Å²) >= 11 is 6.04. The van der Waals surface area contributed by atoms with Gasteiger partial charge in [-0.05, 0) is 30.5 Å². The van der Waals surface area contributed by atoms with Crippen molar-refractivity contribution in [3.05, 3.63) is 29.3 Å². The summed E-state index contributed by atoms with van der Waals surface area (Å²) in [6, 6.07) is 8.75.